The van der Waals surface area contributed by atoms with E-state index < -0.39 is 0 Å². The lowest BCUT2D eigenvalue weighted by Crippen LogP contribution is -2.19. The fraction of sp³-hybridized carbons (Fsp3) is 0.138. The van der Waals surface area contributed by atoms with E-state index in [2.05, 4.69) is 30.0 Å². The van der Waals surface area contributed by atoms with Gasteiger partial charge in [-0.1, -0.05) is 30.3 Å². The van der Waals surface area contributed by atoms with Gasteiger partial charge in [-0.25, -0.2) is 9.37 Å². The molecule has 6 aromatic rings. The molecule has 0 atom stereocenters. The number of nitrogens with one attached hydrogen (secondary N) is 2. The van der Waals surface area contributed by atoms with E-state index in [0.29, 0.717) is 23.6 Å². The molecule has 0 radical (unpaired) electrons. The number of hydrogen-bond donors (Lipinski definition) is 2. The largest absolute Gasteiger partial charge is 0.491 e. The summed E-state index contributed by atoms with van der Waals surface area (Å²) in [7, 11) is 4.02. The Morgan fingerprint density at radius 2 is 1.73 bits per heavy atom. The van der Waals surface area contributed by atoms with Crippen LogP contribution in [0.25, 0.3) is 55.6 Å². The van der Waals surface area contributed by atoms with E-state index >= 15 is 0 Å². The molecule has 0 saturated heterocycles. The molecule has 37 heavy (non-hydrogen) atoms. The van der Waals surface area contributed by atoms with Crippen molar-refractivity contribution in [1.82, 2.24) is 30.0 Å². The van der Waals surface area contributed by atoms with E-state index in [1.165, 1.54) is 6.07 Å². The lowest BCUT2D eigenvalue weighted by molar-refractivity contribution is 0.261. The summed E-state index contributed by atoms with van der Waals surface area (Å²) >= 11 is 0. The van der Waals surface area contributed by atoms with Crippen molar-refractivity contribution in [3.8, 4) is 39.4 Å². The Kier molecular flexibility index (Phi) is 5.86. The Morgan fingerprint density at radius 3 is 2.59 bits per heavy atom. The van der Waals surface area contributed by atoms with Crippen LogP contribution in [0.2, 0.25) is 0 Å². The smallest absolute Gasteiger partial charge is 0.181 e. The molecule has 8 heteroatoms. The molecule has 0 aliphatic heterocycles. The standard InChI is InChI=1S/C29H25FN6O/c1-36(2)10-11-37-20-12-18(15-31-17-20)19-13-24-28(34-35-29(24)32-16-19)27-14-23-21(7-5-9-26(23)33-27)22-6-3-4-8-25(22)30/h3-9,12-17,33H,10-11H2,1-2H3,(H,32,34,35). The van der Waals surface area contributed by atoms with Gasteiger partial charge in [0.05, 0.1) is 17.6 Å². The number of rotatable bonds is 7. The van der Waals surface area contributed by atoms with Gasteiger partial charge in [0, 0.05) is 51.9 Å². The minimum Gasteiger partial charge on any atom is -0.491 e. The van der Waals surface area contributed by atoms with Crippen LogP contribution in [0, 0.1) is 5.82 Å². The van der Waals surface area contributed by atoms with Crippen molar-refractivity contribution in [3.05, 3.63) is 85.1 Å². The Balaban J connectivity index is 1.39. The van der Waals surface area contributed by atoms with Gasteiger partial charge in [0.1, 0.15) is 18.2 Å². The third-order valence-corrected chi connectivity index (χ3v) is 6.36. The number of aromatic nitrogens is 5. The SMILES string of the molecule is CN(C)CCOc1cncc(-c2cnc3n[nH]c(-c4cc5c(-c6ccccc6F)cccc5[nH]4)c3c2)c1. The van der Waals surface area contributed by atoms with Gasteiger partial charge < -0.3 is 14.6 Å². The summed E-state index contributed by atoms with van der Waals surface area (Å²) in [6.07, 6.45) is 5.30. The fourth-order valence-electron chi connectivity index (χ4n) is 4.47. The molecular formula is C29H25FN6O. The molecule has 4 heterocycles. The summed E-state index contributed by atoms with van der Waals surface area (Å²) in [5, 5.41) is 9.34. The van der Waals surface area contributed by atoms with Crippen LogP contribution in [-0.4, -0.2) is 57.3 Å². The zero-order valence-electron chi connectivity index (χ0n) is 20.5. The van der Waals surface area contributed by atoms with Crippen LogP contribution < -0.4 is 4.74 Å². The van der Waals surface area contributed by atoms with Crippen molar-refractivity contribution < 1.29 is 9.13 Å². The topological polar surface area (TPSA) is 82.7 Å². The van der Waals surface area contributed by atoms with Crippen LogP contribution >= 0.6 is 0 Å². The minimum atomic E-state index is -0.250. The first kappa shape index (κ1) is 22.9. The Bertz CT molecular complexity index is 1720. The molecule has 0 fully saturated rings. The third kappa shape index (κ3) is 4.43. The highest BCUT2D eigenvalue weighted by Crippen LogP contribution is 2.35. The molecular weight excluding hydrogens is 467 g/mol. The van der Waals surface area contributed by atoms with E-state index in [0.717, 1.165) is 50.9 Å². The summed E-state index contributed by atoms with van der Waals surface area (Å²) in [5.74, 6) is 0.461. The first-order valence-corrected chi connectivity index (χ1v) is 12.0. The summed E-state index contributed by atoms with van der Waals surface area (Å²) in [6, 6.07) is 18.7. The lowest BCUT2D eigenvalue weighted by atomic mass is 10.0. The first-order valence-electron chi connectivity index (χ1n) is 12.0. The quantitative estimate of drug-likeness (QED) is 0.289. The molecule has 0 bridgehead atoms. The van der Waals surface area contributed by atoms with Crippen molar-refractivity contribution in [2.45, 2.75) is 0 Å². The van der Waals surface area contributed by atoms with Gasteiger partial charge in [0.15, 0.2) is 5.65 Å². The highest BCUT2D eigenvalue weighted by atomic mass is 19.1. The van der Waals surface area contributed by atoms with Gasteiger partial charge >= 0.3 is 0 Å². The van der Waals surface area contributed by atoms with Gasteiger partial charge in [-0.15, -0.1) is 0 Å². The minimum absolute atomic E-state index is 0.250. The molecule has 0 amide bonds. The van der Waals surface area contributed by atoms with Crippen molar-refractivity contribution in [2.75, 3.05) is 27.2 Å². The van der Waals surface area contributed by atoms with Crippen LogP contribution in [0.1, 0.15) is 0 Å². The average molecular weight is 493 g/mol. The molecule has 0 unspecified atom stereocenters. The van der Waals surface area contributed by atoms with E-state index in [4.69, 9.17) is 4.74 Å². The maximum atomic E-state index is 14.6. The zero-order chi connectivity index (χ0) is 25.4. The highest BCUT2D eigenvalue weighted by Gasteiger charge is 2.16. The second-order valence-corrected chi connectivity index (χ2v) is 9.18. The maximum Gasteiger partial charge on any atom is 0.181 e. The summed E-state index contributed by atoms with van der Waals surface area (Å²) < 4.78 is 20.4. The third-order valence-electron chi connectivity index (χ3n) is 6.36. The number of aromatic amines is 2. The number of hydrogen-bond acceptors (Lipinski definition) is 5. The number of halogens is 1. The number of benzene rings is 2. The van der Waals surface area contributed by atoms with Crippen LogP contribution in [0.4, 0.5) is 4.39 Å². The van der Waals surface area contributed by atoms with Crippen molar-refractivity contribution in [1.29, 1.82) is 0 Å². The number of likely N-dealkylation sites (N-methyl/N-ethyl adjacent to an activating group) is 1. The summed E-state index contributed by atoms with van der Waals surface area (Å²) in [4.78, 5) is 14.5. The Morgan fingerprint density at radius 1 is 0.892 bits per heavy atom. The number of nitrogens with zero attached hydrogens (tertiary/aromatic N) is 4. The number of ether oxygens (including phenoxy) is 1. The van der Waals surface area contributed by atoms with Gasteiger partial charge in [-0.2, -0.15) is 5.10 Å². The number of pyridine rings is 2. The maximum absolute atomic E-state index is 14.6. The van der Waals surface area contributed by atoms with Gasteiger partial charge in [-0.05, 0) is 50.0 Å². The van der Waals surface area contributed by atoms with Crippen molar-refractivity contribution in [3.63, 3.8) is 0 Å². The molecule has 184 valence electrons. The molecule has 0 aliphatic rings. The van der Waals surface area contributed by atoms with Crippen LogP contribution in [0.15, 0.2) is 79.3 Å². The lowest BCUT2D eigenvalue weighted by Gasteiger charge is -2.11. The molecule has 0 spiro atoms. The summed E-state index contributed by atoms with van der Waals surface area (Å²) in [5.41, 5.74) is 6.39. The molecule has 2 N–H and O–H groups in total. The van der Waals surface area contributed by atoms with Crippen molar-refractivity contribution >= 4 is 21.9 Å². The number of fused-ring (bicyclic) bond motifs is 2. The molecule has 7 nitrogen and oxygen atoms in total. The van der Waals surface area contributed by atoms with Gasteiger partial charge in [-0.3, -0.25) is 10.1 Å². The fourth-order valence-corrected chi connectivity index (χ4v) is 4.47. The normalized spacial score (nSPS) is 11.6. The van der Waals surface area contributed by atoms with E-state index in [9.17, 15) is 4.39 Å². The highest BCUT2D eigenvalue weighted by molar-refractivity contribution is 6.01. The monoisotopic (exact) mass is 492 g/mol. The Labute approximate surface area is 213 Å². The molecule has 6 rings (SSSR count). The van der Waals surface area contributed by atoms with Gasteiger partial charge in [0.2, 0.25) is 0 Å². The Hall–Kier alpha value is -4.56. The molecule has 0 aliphatic carbocycles. The summed E-state index contributed by atoms with van der Waals surface area (Å²) in [6.45, 7) is 1.40. The predicted molar refractivity (Wildman–Crippen MR) is 144 cm³/mol. The molecule has 2 aromatic carbocycles. The van der Waals surface area contributed by atoms with Crippen LogP contribution in [0.5, 0.6) is 5.75 Å². The van der Waals surface area contributed by atoms with E-state index in [1.54, 1.807) is 30.7 Å². The van der Waals surface area contributed by atoms with Gasteiger partial charge in [0.25, 0.3) is 0 Å². The van der Waals surface area contributed by atoms with E-state index in [1.807, 2.05) is 56.6 Å². The van der Waals surface area contributed by atoms with E-state index in [-0.39, 0.29) is 5.82 Å². The second kappa shape index (κ2) is 9.48. The van der Waals surface area contributed by atoms with Crippen molar-refractivity contribution in [2.24, 2.45) is 0 Å². The predicted octanol–water partition coefficient (Wildman–Crippen LogP) is 5.91. The molecule has 0 saturated carbocycles. The zero-order valence-corrected chi connectivity index (χ0v) is 20.5. The van der Waals surface area contributed by atoms with Crippen LogP contribution in [0.3, 0.4) is 0 Å². The van der Waals surface area contributed by atoms with Crippen LogP contribution in [-0.2, 0) is 0 Å². The second-order valence-electron chi connectivity index (χ2n) is 9.18. The molecule has 4 aromatic heterocycles. The first-order chi connectivity index (χ1) is 18.1. The average Bonchev–Trinajstić information content (AvgIpc) is 3.52. The number of H-pyrrole nitrogens is 2.